The third-order valence-electron chi connectivity index (χ3n) is 5.66. The maximum absolute atomic E-state index is 12.3. The molecule has 0 bridgehead atoms. The topological polar surface area (TPSA) is 69.2 Å². The summed E-state index contributed by atoms with van der Waals surface area (Å²) >= 11 is 9.90. The fraction of sp³-hybridized carbons (Fsp3) is 0.267. The SMILES string of the molecule is C=CCc1cc(/C=N\NC(=O)COc2ccc(C3SCCS3)cc2)cc(OCC)c1OCc1ccc(Cl)cc1. The summed E-state index contributed by atoms with van der Waals surface area (Å²) in [7, 11) is 0. The quantitative estimate of drug-likeness (QED) is 0.132. The number of allylic oxidation sites excluding steroid dienone is 1. The van der Waals surface area contributed by atoms with Crippen LogP contribution in [-0.2, 0) is 17.8 Å². The van der Waals surface area contributed by atoms with Crippen LogP contribution >= 0.6 is 35.1 Å². The van der Waals surface area contributed by atoms with Gasteiger partial charge >= 0.3 is 0 Å². The Morgan fingerprint density at radius 3 is 2.51 bits per heavy atom. The molecule has 1 aliphatic rings. The zero-order valence-corrected chi connectivity index (χ0v) is 24.1. The van der Waals surface area contributed by atoms with Gasteiger partial charge in [0.05, 0.1) is 17.4 Å². The lowest BCUT2D eigenvalue weighted by Gasteiger charge is -2.17. The summed E-state index contributed by atoms with van der Waals surface area (Å²) in [5.41, 5.74) is 6.44. The van der Waals surface area contributed by atoms with Gasteiger partial charge in [0.25, 0.3) is 5.91 Å². The maximum Gasteiger partial charge on any atom is 0.277 e. The van der Waals surface area contributed by atoms with Crippen molar-refractivity contribution in [1.82, 2.24) is 5.43 Å². The molecule has 1 heterocycles. The van der Waals surface area contributed by atoms with Gasteiger partial charge in [0, 0.05) is 22.1 Å². The van der Waals surface area contributed by atoms with E-state index in [-0.39, 0.29) is 12.5 Å². The molecule has 1 amide bonds. The van der Waals surface area contributed by atoms with Gasteiger partial charge in [-0.3, -0.25) is 4.79 Å². The van der Waals surface area contributed by atoms with Crippen LogP contribution in [-0.4, -0.2) is 36.8 Å². The zero-order chi connectivity index (χ0) is 27.5. The van der Waals surface area contributed by atoms with Gasteiger partial charge in [-0.05, 0) is 66.4 Å². The van der Waals surface area contributed by atoms with E-state index in [9.17, 15) is 4.79 Å². The number of ether oxygens (including phenoxy) is 3. The van der Waals surface area contributed by atoms with Crippen LogP contribution in [0.3, 0.4) is 0 Å². The van der Waals surface area contributed by atoms with Crippen molar-refractivity contribution in [3.8, 4) is 17.2 Å². The average Bonchev–Trinajstić information content (AvgIpc) is 3.48. The summed E-state index contributed by atoms with van der Waals surface area (Å²) < 4.78 is 18.1. The molecule has 4 rings (SSSR count). The van der Waals surface area contributed by atoms with E-state index in [1.165, 1.54) is 17.1 Å². The maximum atomic E-state index is 12.3. The van der Waals surface area contributed by atoms with Crippen LogP contribution in [0, 0.1) is 0 Å². The monoisotopic (exact) mass is 582 g/mol. The second-order valence-corrected chi connectivity index (χ2v) is 11.7. The number of hydrazone groups is 1. The molecule has 0 spiro atoms. The molecule has 0 saturated carbocycles. The molecule has 6 nitrogen and oxygen atoms in total. The molecule has 1 N–H and O–H groups in total. The van der Waals surface area contributed by atoms with Crippen LogP contribution in [0.2, 0.25) is 5.02 Å². The summed E-state index contributed by atoms with van der Waals surface area (Å²) in [6, 6.07) is 19.2. The summed E-state index contributed by atoms with van der Waals surface area (Å²) in [5, 5.41) is 4.79. The van der Waals surface area contributed by atoms with Gasteiger partial charge in [-0.2, -0.15) is 5.10 Å². The predicted molar refractivity (Wildman–Crippen MR) is 163 cm³/mol. The summed E-state index contributed by atoms with van der Waals surface area (Å²) in [4.78, 5) is 12.3. The highest BCUT2D eigenvalue weighted by molar-refractivity contribution is 8.19. The molecule has 1 aliphatic heterocycles. The van der Waals surface area contributed by atoms with E-state index in [1.807, 2.05) is 79.0 Å². The highest BCUT2D eigenvalue weighted by Gasteiger charge is 2.18. The second kappa shape index (κ2) is 14.9. The van der Waals surface area contributed by atoms with Crippen LogP contribution in [0.5, 0.6) is 17.2 Å². The van der Waals surface area contributed by atoms with E-state index in [4.69, 9.17) is 25.8 Å². The molecule has 9 heteroatoms. The minimum absolute atomic E-state index is 0.132. The normalized spacial score (nSPS) is 13.4. The summed E-state index contributed by atoms with van der Waals surface area (Å²) in [6.07, 6.45) is 3.95. The molecule has 3 aromatic carbocycles. The van der Waals surface area contributed by atoms with E-state index in [0.29, 0.717) is 46.5 Å². The fourth-order valence-electron chi connectivity index (χ4n) is 3.86. The highest BCUT2D eigenvalue weighted by atomic mass is 35.5. The van der Waals surface area contributed by atoms with E-state index in [1.54, 1.807) is 12.3 Å². The lowest BCUT2D eigenvalue weighted by atomic mass is 10.1. The molecule has 0 aromatic heterocycles. The molecule has 39 heavy (non-hydrogen) atoms. The van der Waals surface area contributed by atoms with Crippen LogP contribution in [0.25, 0.3) is 0 Å². The van der Waals surface area contributed by atoms with Gasteiger partial charge in [0.15, 0.2) is 18.1 Å². The molecular formula is C30H31ClN2O4S2. The van der Waals surface area contributed by atoms with E-state index in [2.05, 4.69) is 29.2 Å². The number of carbonyl (C=O) groups excluding carboxylic acids is 1. The third kappa shape index (κ3) is 8.71. The first-order chi connectivity index (χ1) is 19.1. The number of thioether (sulfide) groups is 2. The van der Waals surface area contributed by atoms with Crippen LogP contribution in [0.15, 0.2) is 78.4 Å². The molecule has 0 aliphatic carbocycles. The Balaban J connectivity index is 1.35. The van der Waals surface area contributed by atoms with Crippen molar-refractivity contribution in [2.24, 2.45) is 5.10 Å². The van der Waals surface area contributed by atoms with Crippen LogP contribution in [0.4, 0.5) is 0 Å². The minimum Gasteiger partial charge on any atom is -0.490 e. The number of nitrogens with one attached hydrogen (secondary N) is 1. The Hall–Kier alpha value is -3.07. The number of hydrogen-bond acceptors (Lipinski definition) is 7. The molecule has 1 fully saturated rings. The van der Waals surface area contributed by atoms with Gasteiger partial charge in [0.1, 0.15) is 12.4 Å². The summed E-state index contributed by atoms with van der Waals surface area (Å²) in [6.45, 7) is 6.49. The third-order valence-corrected chi connectivity index (χ3v) is 9.02. The average molecular weight is 583 g/mol. The zero-order valence-electron chi connectivity index (χ0n) is 21.7. The highest BCUT2D eigenvalue weighted by Crippen LogP contribution is 2.45. The Morgan fingerprint density at radius 1 is 1.08 bits per heavy atom. The number of hydrogen-bond donors (Lipinski definition) is 1. The Kier molecular flexibility index (Phi) is 11.1. The number of rotatable bonds is 13. The second-order valence-electron chi connectivity index (χ2n) is 8.57. The van der Waals surface area contributed by atoms with Gasteiger partial charge in [0.2, 0.25) is 0 Å². The van der Waals surface area contributed by atoms with E-state index >= 15 is 0 Å². The van der Waals surface area contributed by atoms with Crippen molar-refractivity contribution in [3.05, 3.63) is 101 Å². The number of amides is 1. The lowest BCUT2D eigenvalue weighted by Crippen LogP contribution is -2.24. The summed E-state index contributed by atoms with van der Waals surface area (Å²) in [5.74, 6) is 3.90. The molecule has 0 unspecified atom stereocenters. The smallest absolute Gasteiger partial charge is 0.277 e. The Labute approximate surface area is 243 Å². The predicted octanol–water partition coefficient (Wildman–Crippen LogP) is 7.05. The first-order valence-corrected chi connectivity index (χ1v) is 15.1. The number of benzene rings is 3. The van der Waals surface area contributed by atoms with Crippen molar-refractivity contribution in [2.75, 3.05) is 24.7 Å². The Morgan fingerprint density at radius 2 is 1.82 bits per heavy atom. The van der Waals surface area contributed by atoms with Gasteiger partial charge < -0.3 is 14.2 Å². The number of halogens is 1. The number of nitrogens with zero attached hydrogens (tertiary/aromatic N) is 1. The van der Waals surface area contributed by atoms with E-state index < -0.39 is 0 Å². The molecule has 204 valence electrons. The van der Waals surface area contributed by atoms with Gasteiger partial charge in [-0.15, -0.1) is 30.1 Å². The first-order valence-electron chi connectivity index (χ1n) is 12.6. The molecule has 1 saturated heterocycles. The van der Waals surface area contributed by atoms with Gasteiger partial charge in [-0.1, -0.05) is 41.9 Å². The largest absolute Gasteiger partial charge is 0.490 e. The van der Waals surface area contributed by atoms with E-state index in [0.717, 1.165) is 16.7 Å². The minimum atomic E-state index is -0.350. The fourth-order valence-corrected chi connectivity index (χ4v) is 6.85. The molecular weight excluding hydrogens is 552 g/mol. The lowest BCUT2D eigenvalue weighted by molar-refractivity contribution is -0.123. The van der Waals surface area contributed by atoms with Gasteiger partial charge in [-0.25, -0.2) is 5.43 Å². The van der Waals surface area contributed by atoms with Crippen molar-refractivity contribution in [2.45, 2.75) is 24.5 Å². The molecule has 3 aromatic rings. The number of carbonyl (C=O) groups is 1. The first kappa shape index (κ1) is 28.9. The molecule has 0 radical (unpaired) electrons. The standard InChI is InChI=1S/C30H31ClN2O4S2/c1-3-5-24-16-22(17-27(35-4-2)29(24)37-19-21-6-10-25(31)11-7-21)18-32-33-28(34)20-36-26-12-8-23(9-13-26)30-38-14-15-39-30/h3,6-13,16-18,30H,1,4-5,14-15,19-20H2,2H3,(H,33,34)/b32-18-. The van der Waals surface area contributed by atoms with Crippen LogP contribution in [0.1, 0.15) is 33.8 Å². The van der Waals surface area contributed by atoms with Crippen molar-refractivity contribution in [1.29, 1.82) is 0 Å². The van der Waals surface area contributed by atoms with Crippen molar-refractivity contribution < 1.29 is 19.0 Å². The van der Waals surface area contributed by atoms with Crippen LogP contribution < -0.4 is 19.6 Å². The Bertz CT molecular complexity index is 1280. The van der Waals surface area contributed by atoms with Crippen molar-refractivity contribution >= 4 is 47.2 Å². The van der Waals surface area contributed by atoms with Crippen molar-refractivity contribution in [3.63, 3.8) is 0 Å². The molecule has 0 atom stereocenters.